The number of halogens is 1. The summed E-state index contributed by atoms with van der Waals surface area (Å²) in [6.07, 6.45) is 3.42. The molecule has 2 nitrogen and oxygen atoms in total. The molecule has 0 amide bonds. The Morgan fingerprint density at radius 2 is 2.30 bits per heavy atom. The van der Waals surface area contributed by atoms with E-state index in [4.69, 9.17) is 4.74 Å². The van der Waals surface area contributed by atoms with Crippen molar-refractivity contribution >= 4 is 28.6 Å². The van der Waals surface area contributed by atoms with E-state index < -0.39 is 0 Å². The van der Waals surface area contributed by atoms with Crippen molar-refractivity contribution in [2.45, 2.75) is 29.3 Å². The van der Waals surface area contributed by atoms with Crippen LogP contribution >= 0.6 is 22.6 Å². The van der Waals surface area contributed by atoms with E-state index in [1.54, 1.807) is 0 Å². The maximum Gasteiger partial charge on any atom is 0.309 e. The molecule has 2 aliphatic rings. The zero-order valence-electron chi connectivity index (χ0n) is 5.55. The van der Waals surface area contributed by atoms with E-state index in [0.717, 1.165) is 19.3 Å². The standard InChI is InChI=1S/C7H9IO2/c8-5-2-1-4-3-6(5)10-7(4)9/h4-6H,1-3H2/t4-,5-,6+/m1/s1. The van der Waals surface area contributed by atoms with E-state index in [1.807, 2.05) is 0 Å². The van der Waals surface area contributed by atoms with Crippen LogP contribution in [-0.4, -0.2) is 16.0 Å². The third kappa shape index (κ3) is 0.946. The second-order valence-corrected chi connectivity index (χ2v) is 4.60. The molecule has 2 rings (SSSR count). The van der Waals surface area contributed by atoms with Gasteiger partial charge in [-0.15, -0.1) is 0 Å². The summed E-state index contributed by atoms with van der Waals surface area (Å²) in [5.74, 6) is 0.292. The Labute approximate surface area is 73.5 Å². The largest absolute Gasteiger partial charge is 0.461 e. The molecule has 0 aromatic carbocycles. The SMILES string of the molecule is O=C1O[C@H]2C[C@H]1CC[C@H]2I. The van der Waals surface area contributed by atoms with Crippen molar-refractivity contribution < 1.29 is 9.53 Å². The highest BCUT2D eigenvalue weighted by Crippen LogP contribution is 2.37. The van der Waals surface area contributed by atoms with Gasteiger partial charge in [0.05, 0.1) is 5.92 Å². The third-order valence-electron chi connectivity index (χ3n) is 2.31. The lowest BCUT2D eigenvalue weighted by atomic mass is 9.90. The number of hydrogen-bond donors (Lipinski definition) is 0. The Kier molecular flexibility index (Phi) is 1.62. The number of carbonyl (C=O) groups excluding carboxylic acids is 1. The van der Waals surface area contributed by atoms with Crippen LogP contribution in [0.2, 0.25) is 0 Å². The molecular formula is C7H9IO2. The summed E-state index contributed by atoms with van der Waals surface area (Å²) in [5, 5.41) is 0. The van der Waals surface area contributed by atoms with Crippen LogP contribution in [0, 0.1) is 5.92 Å². The predicted octanol–water partition coefficient (Wildman–Crippen LogP) is 1.52. The fraction of sp³-hybridized carbons (Fsp3) is 0.857. The number of esters is 1. The van der Waals surface area contributed by atoms with Crippen LogP contribution in [0.5, 0.6) is 0 Å². The van der Waals surface area contributed by atoms with Crippen LogP contribution in [0.25, 0.3) is 0 Å². The maximum atomic E-state index is 11.0. The van der Waals surface area contributed by atoms with Crippen LogP contribution in [0.1, 0.15) is 19.3 Å². The third-order valence-corrected chi connectivity index (χ3v) is 3.74. The molecule has 0 unspecified atom stereocenters. The molecule has 10 heavy (non-hydrogen) atoms. The van der Waals surface area contributed by atoms with Crippen molar-refractivity contribution in [2.75, 3.05) is 0 Å². The fourth-order valence-electron chi connectivity index (χ4n) is 1.67. The molecule has 3 heteroatoms. The van der Waals surface area contributed by atoms with Gasteiger partial charge in [0, 0.05) is 3.92 Å². The normalized spacial score (nSPS) is 45.3. The van der Waals surface area contributed by atoms with Crippen molar-refractivity contribution in [3.8, 4) is 0 Å². The lowest BCUT2D eigenvalue weighted by molar-refractivity contribution is -0.143. The summed E-state index contributed by atoms with van der Waals surface area (Å²) in [6.45, 7) is 0. The molecule has 1 aliphatic carbocycles. The first-order valence-corrected chi connectivity index (χ1v) is 4.86. The van der Waals surface area contributed by atoms with E-state index in [1.165, 1.54) is 0 Å². The van der Waals surface area contributed by atoms with Gasteiger partial charge >= 0.3 is 5.97 Å². The molecule has 0 spiro atoms. The van der Waals surface area contributed by atoms with Gasteiger partial charge in [0.2, 0.25) is 0 Å². The monoisotopic (exact) mass is 252 g/mol. The molecule has 0 radical (unpaired) electrons. The summed E-state index contributed by atoms with van der Waals surface area (Å²) >= 11 is 2.38. The molecule has 1 aliphatic heterocycles. The summed E-state index contributed by atoms with van der Waals surface area (Å²) in [6, 6.07) is 0. The Morgan fingerprint density at radius 1 is 1.50 bits per heavy atom. The molecule has 1 saturated heterocycles. The summed E-state index contributed by atoms with van der Waals surface area (Å²) in [4.78, 5) is 11.0. The van der Waals surface area contributed by atoms with Gasteiger partial charge in [0.15, 0.2) is 0 Å². The highest BCUT2D eigenvalue weighted by molar-refractivity contribution is 14.1. The number of rotatable bonds is 0. The van der Waals surface area contributed by atoms with Gasteiger partial charge in [-0.1, -0.05) is 22.6 Å². The Balaban J connectivity index is 2.15. The number of alkyl halides is 1. The minimum absolute atomic E-state index is 0.0455. The van der Waals surface area contributed by atoms with E-state index in [0.29, 0.717) is 3.92 Å². The lowest BCUT2D eigenvalue weighted by Gasteiger charge is -2.19. The molecule has 3 atom stereocenters. The minimum Gasteiger partial charge on any atom is -0.461 e. The van der Waals surface area contributed by atoms with Gasteiger partial charge in [-0.05, 0) is 19.3 Å². The first-order valence-electron chi connectivity index (χ1n) is 3.62. The van der Waals surface area contributed by atoms with Crippen molar-refractivity contribution in [3.63, 3.8) is 0 Å². The van der Waals surface area contributed by atoms with E-state index in [2.05, 4.69) is 22.6 Å². The van der Waals surface area contributed by atoms with E-state index >= 15 is 0 Å². The maximum absolute atomic E-state index is 11.0. The molecule has 2 fully saturated rings. The van der Waals surface area contributed by atoms with Gasteiger partial charge < -0.3 is 4.74 Å². The van der Waals surface area contributed by atoms with Crippen molar-refractivity contribution in [3.05, 3.63) is 0 Å². The molecule has 1 saturated carbocycles. The zero-order valence-corrected chi connectivity index (χ0v) is 7.71. The molecule has 0 aromatic heterocycles. The first kappa shape index (κ1) is 6.88. The first-order chi connectivity index (χ1) is 4.77. The van der Waals surface area contributed by atoms with Crippen molar-refractivity contribution in [2.24, 2.45) is 5.92 Å². The Morgan fingerprint density at radius 3 is 3.00 bits per heavy atom. The zero-order chi connectivity index (χ0) is 7.14. The molecule has 1 heterocycles. The van der Waals surface area contributed by atoms with Gasteiger partial charge in [-0.3, -0.25) is 4.79 Å². The van der Waals surface area contributed by atoms with Gasteiger partial charge in [0.25, 0.3) is 0 Å². The second-order valence-electron chi connectivity index (χ2n) is 3.00. The fourth-order valence-corrected chi connectivity index (χ4v) is 2.47. The van der Waals surface area contributed by atoms with Gasteiger partial charge in [-0.25, -0.2) is 0 Å². The van der Waals surface area contributed by atoms with Crippen LogP contribution < -0.4 is 0 Å². The highest BCUT2D eigenvalue weighted by Gasteiger charge is 2.41. The average Bonchev–Trinajstić information content (AvgIpc) is 2.21. The van der Waals surface area contributed by atoms with Crippen LogP contribution in [0.3, 0.4) is 0 Å². The van der Waals surface area contributed by atoms with E-state index in [-0.39, 0.29) is 18.0 Å². The smallest absolute Gasteiger partial charge is 0.309 e. The van der Waals surface area contributed by atoms with Crippen molar-refractivity contribution in [1.82, 2.24) is 0 Å². The highest BCUT2D eigenvalue weighted by atomic mass is 127. The molecule has 0 aromatic rings. The van der Waals surface area contributed by atoms with E-state index in [9.17, 15) is 4.79 Å². The number of ether oxygens (including phenoxy) is 1. The second kappa shape index (κ2) is 2.36. The number of carbonyl (C=O) groups is 1. The lowest BCUT2D eigenvalue weighted by Crippen LogP contribution is -2.22. The molecular weight excluding hydrogens is 243 g/mol. The van der Waals surface area contributed by atoms with Gasteiger partial charge in [0.1, 0.15) is 6.10 Å². The summed E-state index contributed by atoms with van der Waals surface area (Å²) in [5.41, 5.74) is 0. The topological polar surface area (TPSA) is 26.3 Å². The summed E-state index contributed by atoms with van der Waals surface area (Å²) < 4.78 is 5.72. The van der Waals surface area contributed by atoms with Crippen LogP contribution in [0.4, 0.5) is 0 Å². The Bertz CT molecular complexity index is 169. The van der Waals surface area contributed by atoms with Crippen LogP contribution in [-0.2, 0) is 9.53 Å². The van der Waals surface area contributed by atoms with Gasteiger partial charge in [-0.2, -0.15) is 0 Å². The number of hydrogen-bond acceptors (Lipinski definition) is 2. The predicted molar refractivity (Wildman–Crippen MR) is 45.0 cm³/mol. The Hall–Kier alpha value is 0.200. The minimum atomic E-state index is 0.0455. The summed E-state index contributed by atoms with van der Waals surface area (Å²) in [7, 11) is 0. The molecule has 2 bridgehead atoms. The number of fused-ring (bicyclic) bond motifs is 2. The molecule has 0 N–H and O–H groups in total. The van der Waals surface area contributed by atoms with Crippen LogP contribution in [0.15, 0.2) is 0 Å². The quantitative estimate of drug-likeness (QED) is 0.371. The molecule has 56 valence electrons. The van der Waals surface area contributed by atoms with Crippen molar-refractivity contribution in [1.29, 1.82) is 0 Å². The average molecular weight is 252 g/mol.